The van der Waals surface area contributed by atoms with Gasteiger partial charge in [0.25, 0.3) is 0 Å². The van der Waals surface area contributed by atoms with Gasteiger partial charge in [0, 0.05) is 5.39 Å². The molecule has 0 bridgehead atoms. The SMILES string of the molecule is NC1(c2nc(-c3ccc4ccccc4n3)no2)CCC1. The Morgan fingerprint density at radius 2 is 1.90 bits per heavy atom. The van der Waals surface area contributed by atoms with E-state index in [4.69, 9.17) is 10.3 Å². The molecule has 0 amide bonds. The topological polar surface area (TPSA) is 77.8 Å². The van der Waals surface area contributed by atoms with Gasteiger partial charge in [0.15, 0.2) is 0 Å². The Morgan fingerprint density at radius 3 is 2.70 bits per heavy atom. The summed E-state index contributed by atoms with van der Waals surface area (Å²) in [6.45, 7) is 0. The fraction of sp³-hybridized carbons (Fsp3) is 0.267. The van der Waals surface area contributed by atoms with Gasteiger partial charge in [-0.1, -0.05) is 29.4 Å². The van der Waals surface area contributed by atoms with E-state index < -0.39 is 5.54 Å². The van der Waals surface area contributed by atoms with E-state index in [1.54, 1.807) is 0 Å². The lowest BCUT2D eigenvalue weighted by Crippen LogP contribution is -2.43. The van der Waals surface area contributed by atoms with Crippen molar-refractivity contribution in [1.82, 2.24) is 15.1 Å². The number of hydrogen-bond acceptors (Lipinski definition) is 5. The molecule has 0 saturated heterocycles. The number of aromatic nitrogens is 3. The first kappa shape index (κ1) is 11.5. The number of fused-ring (bicyclic) bond motifs is 1. The Kier molecular flexibility index (Phi) is 2.37. The zero-order valence-corrected chi connectivity index (χ0v) is 10.9. The van der Waals surface area contributed by atoms with Gasteiger partial charge in [-0.15, -0.1) is 0 Å². The van der Waals surface area contributed by atoms with Crippen molar-refractivity contribution >= 4 is 10.9 Å². The lowest BCUT2D eigenvalue weighted by atomic mass is 9.78. The van der Waals surface area contributed by atoms with Crippen LogP contribution >= 0.6 is 0 Å². The Bertz CT molecular complexity index is 776. The Hall–Kier alpha value is -2.27. The molecular formula is C15H14N4O. The number of nitrogens with two attached hydrogens (primary N) is 1. The molecule has 0 spiro atoms. The normalized spacial score (nSPS) is 17.1. The van der Waals surface area contributed by atoms with Crippen LogP contribution in [0.1, 0.15) is 25.2 Å². The van der Waals surface area contributed by atoms with Crippen LogP contribution in [0.3, 0.4) is 0 Å². The second-order valence-electron chi connectivity index (χ2n) is 5.32. The second kappa shape index (κ2) is 4.11. The first-order chi connectivity index (χ1) is 9.74. The van der Waals surface area contributed by atoms with Gasteiger partial charge in [-0.3, -0.25) is 0 Å². The molecule has 3 aromatic rings. The largest absolute Gasteiger partial charge is 0.337 e. The van der Waals surface area contributed by atoms with Crippen molar-refractivity contribution < 1.29 is 4.52 Å². The molecule has 20 heavy (non-hydrogen) atoms. The summed E-state index contributed by atoms with van der Waals surface area (Å²) in [6.07, 6.45) is 2.92. The van der Waals surface area contributed by atoms with Gasteiger partial charge >= 0.3 is 0 Å². The zero-order valence-electron chi connectivity index (χ0n) is 10.9. The maximum Gasteiger partial charge on any atom is 0.247 e. The second-order valence-corrected chi connectivity index (χ2v) is 5.32. The summed E-state index contributed by atoms with van der Waals surface area (Å²) >= 11 is 0. The van der Waals surface area contributed by atoms with E-state index in [9.17, 15) is 0 Å². The third-order valence-electron chi connectivity index (χ3n) is 3.93. The summed E-state index contributed by atoms with van der Waals surface area (Å²) in [5, 5.41) is 5.10. The first-order valence-electron chi connectivity index (χ1n) is 6.74. The molecule has 5 heteroatoms. The van der Waals surface area contributed by atoms with Crippen LogP contribution in [0.15, 0.2) is 40.9 Å². The quantitative estimate of drug-likeness (QED) is 0.771. The molecule has 0 radical (unpaired) electrons. The highest BCUT2D eigenvalue weighted by Gasteiger charge is 2.40. The van der Waals surface area contributed by atoms with Crippen molar-refractivity contribution in [2.24, 2.45) is 5.73 Å². The summed E-state index contributed by atoms with van der Waals surface area (Å²) in [4.78, 5) is 8.97. The summed E-state index contributed by atoms with van der Waals surface area (Å²) in [5.74, 6) is 1.02. The average molecular weight is 266 g/mol. The van der Waals surface area contributed by atoms with Crippen molar-refractivity contribution in [2.45, 2.75) is 24.8 Å². The molecule has 1 fully saturated rings. The highest BCUT2D eigenvalue weighted by atomic mass is 16.5. The van der Waals surface area contributed by atoms with Crippen molar-refractivity contribution in [3.05, 3.63) is 42.3 Å². The molecule has 1 saturated carbocycles. The summed E-state index contributed by atoms with van der Waals surface area (Å²) in [6, 6.07) is 11.9. The summed E-state index contributed by atoms with van der Waals surface area (Å²) in [5.41, 5.74) is 7.39. The predicted octanol–water partition coefficient (Wildman–Crippen LogP) is 2.62. The van der Waals surface area contributed by atoms with E-state index in [1.807, 2.05) is 36.4 Å². The molecule has 100 valence electrons. The van der Waals surface area contributed by atoms with Crippen LogP contribution in [0.2, 0.25) is 0 Å². The molecule has 1 aliphatic carbocycles. The number of para-hydroxylation sites is 1. The fourth-order valence-electron chi connectivity index (χ4n) is 2.49. The van der Waals surface area contributed by atoms with Gasteiger partial charge < -0.3 is 10.3 Å². The van der Waals surface area contributed by atoms with E-state index in [-0.39, 0.29) is 0 Å². The molecule has 2 aromatic heterocycles. The van der Waals surface area contributed by atoms with Crippen LogP contribution in [-0.2, 0) is 5.54 Å². The van der Waals surface area contributed by atoms with Crippen molar-refractivity contribution in [2.75, 3.05) is 0 Å². The van der Waals surface area contributed by atoms with Crippen LogP contribution in [0.5, 0.6) is 0 Å². The monoisotopic (exact) mass is 266 g/mol. The van der Waals surface area contributed by atoms with Crippen LogP contribution in [0.25, 0.3) is 22.4 Å². The van der Waals surface area contributed by atoms with Crippen molar-refractivity contribution in [1.29, 1.82) is 0 Å². The number of nitrogens with zero attached hydrogens (tertiary/aromatic N) is 3. The standard InChI is InChI=1S/C15H14N4O/c16-15(8-3-9-15)14-18-13(19-20-14)12-7-6-10-4-1-2-5-11(10)17-12/h1-2,4-7H,3,8-9,16H2. The van der Waals surface area contributed by atoms with E-state index in [1.165, 1.54) is 0 Å². The molecule has 0 unspecified atom stereocenters. The lowest BCUT2D eigenvalue weighted by Gasteiger charge is -2.33. The van der Waals surface area contributed by atoms with E-state index in [0.29, 0.717) is 17.4 Å². The molecule has 1 aromatic carbocycles. The average Bonchev–Trinajstić information content (AvgIpc) is 2.94. The molecule has 4 rings (SSSR count). The van der Waals surface area contributed by atoms with Crippen molar-refractivity contribution in [3.63, 3.8) is 0 Å². The van der Waals surface area contributed by atoms with Crippen LogP contribution < -0.4 is 5.73 Å². The molecule has 2 N–H and O–H groups in total. The molecule has 1 aliphatic rings. The smallest absolute Gasteiger partial charge is 0.247 e. The number of hydrogen-bond donors (Lipinski definition) is 1. The molecule has 0 atom stereocenters. The highest BCUT2D eigenvalue weighted by Crippen LogP contribution is 2.38. The Balaban J connectivity index is 1.75. The van der Waals surface area contributed by atoms with Crippen LogP contribution in [0, 0.1) is 0 Å². The number of pyridine rings is 1. The summed E-state index contributed by atoms with van der Waals surface area (Å²) < 4.78 is 5.31. The van der Waals surface area contributed by atoms with Gasteiger partial charge in [-0.25, -0.2) is 4.98 Å². The number of rotatable bonds is 2. The molecule has 0 aliphatic heterocycles. The lowest BCUT2D eigenvalue weighted by molar-refractivity contribution is 0.181. The van der Waals surface area contributed by atoms with Gasteiger partial charge in [-0.05, 0) is 31.4 Å². The minimum Gasteiger partial charge on any atom is -0.337 e. The first-order valence-corrected chi connectivity index (χ1v) is 6.74. The zero-order chi connectivity index (χ0) is 13.6. The van der Waals surface area contributed by atoms with Gasteiger partial charge in [0.1, 0.15) is 5.69 Å². The maximum atomic E-state index is 6.19. The Morgan fingerprint density at radius 1 is 1.05 bits per heavy atom. The van der Waals surface area contributed by atoms with Gasteiger partial charge in [-0.2, -0.15) is 4.98 Å². The third-order valence-corrected chi connectivity index (χ3v) is 3.93. The Labute approximate surface area is 115 Å². The molecule has 2 heterocycles. The third kappa shape index (κ3) is 1.71. The van der Waals surface area contributed by atoms with Crippen molar-refractivity contribution in [3.8, 4) is 11.5 Å². The van der Waals surface area contributed by atoms with Crippen LogP contribution in [-0.4, -0.2) is 15.1 Å². The predicted molar refractivity (Wildman–Crippen MR) is 74.8 cm³/mol. The van der Waals surface area contributed by atoms with Gasteiger partial charge in [0.2, 0.25) is 11.7 Å². The van der Waals surface area contributed by atoms with Gasteiger partial charge in [0.05, 0.1) is 11.1 Å². The highest BCUT2D eigenvalue weighted by molar-refractivity contribution is 5.80. The minimum absolute atomic E-state index is 0.428. The maximum absolute atomic E-state index is 6.19. The molecule has 5 nitrogen and oxygen atoms in total. The molecular weight excluding hydrogens is 252 g/mol. The fourth-order valence-corrected chi connectivity index (χ4v) is 2.49. The minimum atomic E-state index is -0.428. The summed E-state index contributed by atoms with van der Waals surface area (Å²) in [7, 11) is 0. The van der Waals surface area contributed by atoms with Crippen LogP contribution in [0.4, 0.5) is 0 Å². The number of benzene rings is 1. The van der Waals surface area contributed by atoms with E-state index >= 15 is 0 Å². The van der Waals surface area contributed by atoms with E-state index in [0.717, 1.165) is 30.2 Å². The van der Waals surface area contributed by atoms with E-state index in [2.05, 4.69) is 15.1 Å².